The third kappa shape index (κ3) is 2.23. The lowest BCUT2D eigenvalue weighted by molar-refractivity contribution is 0.00578. The summed E-state index contributed by atoms with van der Waals surface area (Å²) in [6, 6.07) is 1.80. The van der Waals surface area contributed by atoms with Crippen LogP contribution >= 0.6 is 0 Å². The molecule has 0 N–H and O–H groups in total. The Bertz CT molecular complexity index is 899. The Kier molecular flexibility index (Phi) is 3.25. The first-order chi connectivity index (χ1) is 11.1. The van der Waals surface area contributed by atoms with Crippen LogP contribution in [-0.2, 0) is 19.3 Å². The highest BCUT2D eigenvalue weighted by Gasteiger charge is 2.52. The molecule has 0 bridgehead atoms. The van der Waals surface area contributed by atoms with Gasteiger partial charge in [0.1, 0.15) is 0 Å². The van der Waals surface area contributed by atoms with E-state index in [1.54, 1.807) is 24.7 Å². The lowest BCUT2D eigenvalue weighted by Gasteiger charge is -2.32. The fourth-order valence-corrected chi connectivity index (χ4v) is 4.66. The third-order valence-corrected chi connectivity index (χ3v) is 7.52. The van der Waals surface area contributed by atoms with Crippen molar-refractivity contribution >= 4 is 33.5 Å². The Balaban J connectivity index is 1.81. The molecule has 0 aromatic carbocycles. The molecular weight excluding hydrogens is 327 g/mol. The van der Waals surface area contributed by atoms with Gasteiger partial charge in [-0.2, -0.15) is 0 Å². The topological polar surface area (TPSA) is 70.4 Å². The lowest BCUT2D eigenvalue weighted by Crippen LogP contribution is -2.41. The van der Waals surface area contributed by atoms with Gasteiger partial charge in [-0.05, 0) is 46.6 Å². The van der Waals surface area contributed by atoms with E-state index >= 15 is 0 Å². The van der Waals surface area contributed by atoms with Crippen LogP contribution < -0.4 is 5.46 Å². The molecule has 0 radical (unpaired) electrons. The molecule has 1 aliphatic carbocycles. The average Bonchev–Trinajstić information content (AvgIpc) is 3.20. The molecule has 1 saturated carbocycles. The summed E-state index contributed by atoms with van der Waals surface area (Å²) in [6.45, 7) is 7.96. The van der Waals surface area contributed by atoms with E-state index in [1.165, 1.54) is 3.97 Å². The maximum Gasteiger partial charge on any atom is 0.497 e. The standard InChI is InChI=1S/C16H21BN2O4S/c1-15(2)16(3,4)23-17(22-15)13-9-18-10-14-12(13)7-8-19(14)24(20,21)11-5-6-11/h7-11H,5-6H2,1-4H3. The van der Waals surface area contributed by atoms with Crippen molar-refractivity contribution in [1.82, 2.24) is 8.96 Å². The second-order valence-electron chi connectivity index (χ2n) is 7.61. The molecule has 24 heavy (non-hydrogen) atoms. The summed E-state index contributed by atoms with van der Waals surface area (Å²) in [6.07, 6.45) is 6.34. The van der Waals surface area contributed by atoms with Gasteiger partial charge in [-0.15, -0.1) is 0 Å². The molecule has 128 valence electrons. The highest BCUT2D eigenvalue weighted by Crippen LogP contribution is 2.37. The second-order valence-corrected chi connectivity index (χ2v) is 9.70. The van der Waals surface area contributed by atoms with Gasteiger partial charge < -0.3 is 9.31 Å². The maximum absolute atomic E-state index is 12.6. The Morgan fingerprint density at radius 3 is 2.38 bits per heavy atom. The Morgan fingerprint density at radius 1 is 1.17 bits per heavy atom. The largest absolute Gasteiger partial charge is 0.497 e. The van der Waals surface area contributed by atoms with Gasteiger partial charge in [-0.25, -0.2) is 12.4 Å². The minimum Gasteiger partial charge on any atom is -0.399 e. The van der Waals surface area contributed by atoms with Crippen LogP contribution in [0.5, 0.6) is 0 Å². The molecule has 2 aliphatic rings. The average molecular weight is 348 g/mol. The Labute approximate surface area is 142 Å². The van der Waals surface area contributed by atoms with Gasteiger partial charge in [-0.1, -0.05) is 0 Å². The van der Waals surface area contributed by atoms with E-state index in [-0.39, 0.29) is 5.25 Å². The zero-order chi connectivity index (χ0) is 17.3. The zero-order valence-electron chi connectivity index (χ0n) is 14.3. The van der Waals surface area contributed by atoms with Crippen molar-refractivity contribution in [1.29, 1.82) is 0 Å². The zero-order valence-corrected chi connectivity index (χ0v) is 15.1. The van der Waals surface area contributed by atoms with Crippen molar-refractivity contribution < 1.29 is 17.7 Å². The van der Waals surface area contributed by atoms with Crippen LogP contribution in [0.2, 0.25) is 0 Å². The smallest absolute Gasteiger partial charge is 0.399 e. The molecule has 0 amide bonds. The third-order valence-electron chi connectivity index (χ3n) is 5.34. The summed E-state index contributed by atoms with van der Waals surface area (Å²) >= 11 is 0. The minimum absolute atomic E-state index is 0.270. The van der Waals surface area contributed by atoms with Crippen molar-refractivity contribution in [3.8, 4) is 0 Å². The van der Waals surface area contributed by atoms with Gasteiger partial charge in [-0.3, -0.25) is 4.98 Å². The normalized spacial score (nSPS) is 23.1. The van der Waals surface area contributed by atoms with E-state index in [4.69, 9.17) is 9.31 Å². The predicted molar refractivity (Wildman–Crippen MR) is 92.8 cm³/mol. The fourth-order valence-electron chi connectivity index (χ4n) is 2.96. The lowest BCUT2D eigenvalue weighted by atomic mass is 9.78. The van der Waals surface area contributed by atoms with E-state index in [0.29, 0.717) is 5.52 Å². The first-order valence-electron chi connectivity index (χ1n) is 8.18. The molecule has 2 fully saturated rings. The summed E-state index contributed by atoms with van der Waals surface area (Å²) in [4.78, 5) is 4.23. The number of aromatic nitrogens is 2. The van der Waals surface area contributed by atoms with Crippen molar-refractivity contribution in [2.45, 2.75) is 57.0 Å². The quantitative estimate of drug-likeness (QED) is 0.790. The maximum atomic E-state index is 12.6. The number of pyridine rings is 1. The van der Waals surface area contributed by atoms with Crippen LogP contribution in [0.4, 0.5) is 0 Å². The first kappa shape index (κ1) is 16.1. The summed E-state index contributed by atoms with van der Waals surface area (Å²) in [5, 5.41) is 0.529. The van der Waals surface area contributed by atoms with Crippen LogP contribution in [0.25, 0.3) is 10.9 Å². The number of nitrogens with zero attached hydrogens (tertiary/aromatic N) is 2. The van der Waals surface area contributed by atoms with Gasteiger partial charge in [0.05, 0.1) is 28.2 Å². The van der Waals surface area contributed by atoms with E-state index in [0.717, 1.165) is 23.7 Å². The van der Waals surface area contributed by atoms with Gasteiger partial charge in [0.2, 0.25) is 10.0 Å². The van der Waals surface area contributed by atoms with E-state index in [9.17, 15) is 8.42 Å². The molecule has 6 nitrogen and oxygen atoms in total. The molecule has 0 spiro atoms. The molecule has 3 heterocycles. The number of rotatable bonds is 3. The molecule has 8 heteroatoms. The van der Waals surface area contributed by atoms with Gasteiger partial charge in [0, 0.05) is 23.2 Å². The summed E-state index contributed by atoms with van der Waals surface area (Å²) in [7, 11) is -3.90. The van der Waals surface area contributed by atoms with Crippen molar-refractivity contribution in [2.75, 3.05) is 0 Å². The number of fused-ring (bicyclic) bond motifs is 1. The molecule has 4 rings (SSSR count). The van der Waals surface area contributed by atoms with Gasteiger partial charge in [0.15, 0.2) is 0 Å². The second kappa shape index (κ2) is 4.83. The van der Waals surface area contributed by atoms with Crippen LogP contribution in [0.3, 0.4) is 0 Å². The SMILES string of the molecule is CC1(C)OB(c2cncc3c2ccn3S(=O)(=O)C2CC2)OC1(C)C. The predicted octanol–water partition coefficient (Wildman–Crippen LogP) is 1.68. The van der Waals surface area contributed by atoms with Crippen molar-refractivity contribution in [2.24, 2.45) is 0 Å². The summed E-state index contributed by atoms with van der Waals surface area (Å²) in [5.41, 5.74) is 0.426. The molecule has 0 unspecified atom stereocenters. The summed E-state index contributed by atoms with van der Waals surface area (Å²) < 4.78 is 38.7. The Hall–Kier alpha value is -1.38. The van der Waals surface area contributed by atoms with E-state index in [1.807, 2.05) is 27.7 Å². The number of hydrogen-bond donors (Lipinski definition) is 0. The van der Waals surface area contributed by atoms with Crippen LogP contribution in [0, 0.1) is 0 Å². The first-order valence-corrected chi connectivity index (χ1v) is 9.69. The highest BCUT2D eigenvalue weighted by atomic mass is 32.2. The van der Waals surface area contributed by atoms with Crippen molar-refractivity contribution in [3.63, 3.8) is 0 Å². The van der Waals surface area contributed by atoms with Crippen LogP contribution in [0.1, 0.15) is 40.5 Å². The molecule has 2 aromatic rings. The monoisotopic (exact) mass is 348 g/mol. The number of hydrogen-bond acceptors (Lipinski definition) is 5. The minimum atomic E-state index is -3.34. The molecule has 1 aliphatic heterocycles. The van der Waals surface area contributed by atoms with E-state index < -0.39 is 28.3 Å². The summed E-state index contributed by atoms with van der Waals surface area (Å²) in [5.74, 6) is 0. The van der Waals surface area contributed by atoms with Crippen molar-refractivity contribution in [3.05, 3.63) is 24.7 Å². The molecule has 0 atom stereocenters. The van der Waals surface area contributed by atoms with Crippen LogP contribution in [0.15, 0.2) is 24.7 Å². The van der Waals surface area contributed by atoms with Gasteiger partial charge in [0.25, 0.3) is 0 Å². The van der Waals surface area contributed by atoms with Crippen LogP contribution in [-0.4, -0.2) is 40.9 Å². The van der Waals surface area contributed by atoms with Gasteiger partial charge >= 0.3 is 7.12 Å². The molecule has 2 aromatic heterocycles. The molecular formula is C16H21BN2O4S. The van der Waals surface area contributed by atoms with E-state index in [2.05, 4.69) is 4.98 Å². The molecule has 1 saturated heterocycles. The highest BCUT2D eigenvalue weighted by molar-refractivity contribution is 7.91. The Morgan fingerprint density at radius 2 is 1.79 bits per heavy atom. The fraction of sp³-hybridized carbons (Fsp3) is 0.562.